The Morgan fingerprint density at radius 1 is 1.03 bits per heavy atom. The summed E-state index contributed by atoms with van der Waals surface area (Å²) in [7, 11) is 1.63. The number of para-hydroxylation sites is 1. The molecule has 4 heterocycles. The molecule has 4 aromatic rings. The fourth-order valence-corrected chi connectivity index (χ4v) is 4.98. The summed E-state index contributed by atoms with van der Waals surface area (Å²) in [5.74, 6) is 1.78. The molecule has 6 rings (SSSR count). The third kappa shape index (κ3) is 3.22. The molecule has 1 fully saturated rings. The Balaban J connectivity index is 1.20. The number of nitrogens with two attached hydrogens (primary N) is 1. The van der Waals surface area contributed by atoms with Gasteiger partial charge in [-0.2, -0.15) is 4.52 Å². The summed E-state index contributed by atoms with van der Waals surface area (Å²) >= 11 is 0. The zero-order valence-corrected chi connectivity index (χ0v) is 18.3. The first-order valence-corrected chi connectivity index (χ1v) is 11.3. The number of methoxy groups -OCH3 is 1. The summed E-state index contributed by atoms with van der Waals surface area (Å²) in [6.07, 6.45) is 3.37. The van der Waals surface area contributed by atoms with E-state index in [9.17, 15) is 0 Å². The number of rotatable bonds is 5. The minimum atomic E-state index is 0.318. The van der Waals surface area contributed by atoms with Gasteiger partial charge in [-0.1, -0.05) is 12.1 Å². The lowest BCUT2D eigenvalue weighted by atomic mass is 10.1. The SMILES string of the molecule is COc1cccc2c1nc(N)n1nc(CCN3Cc4ccc(N5CCCC5)cc4C3)nc21. The van der Waals surface area contributed by atoms with Crippen molar-refractivity contribution in [1.82, 2.24) is 24.5 Å². The standard InChI is InChI=1S/C24H27N7O/c1-32-20-6-4-5-19-22(20)27-24(25)31-23(19)26-21(28-31)9-12-29-14-16-7-8-18(13-17(16)15-29)30-10-2-3-11-30/h4-8,13H,2-3,9-12,14-15H2,1H3,(H2,25,27). The maximum absolute atomic E-state index is 6.18. The van der Waals surface area contributed by atoms with Gasteiger partial charge in [-0.3, -0.25) is 4.90 Å². The monoisotopic (exact) mass is 429 g/mol. The molecule has 0 spiro atoms. The highest BCUT2D eigenvalue weighted by Gasteiger charge is 2.22. The Hall–Kier alpha value is -3.39. The highest BCUT2D eigenvalue weighted by Crippen LogP contribution is 2.30. The van der Waals surface area contributed by atoms with Gasteiger partial charge in [0.2, 0.25) is 5.95 Å². The minimum absolute atomic E-state index is 0.318. The van der Waals surface area contributed by atoms with Crippen LogP contribution in [0.4, 0.5) is 11.6 Å². The van der Waals surface area contributed by atoms with Crippen LogP contribution in [0.2, 0.25) is 0 Å². The van der Waals surface area contributed by atoms with Crippen molar-refractivity contribution in [1.29, 1.82) is 0 Å². The molecule has 32 heavy (non-hydrogen) atoms. The van der Waals surface area contributed by atoms with E-state index in [1.165, 1.54) is 42.7 Å². The minimum Gasteiger partial charge on any atom is -0.494 e. The zero-order valence-electron chi connectivity index (χ0n) is 18.3. The normalized spacial score (nSPS) is 16.3. The summed E-state index contributed by atoms with van der Waals surface area (Å²) in [5, 5.41) is 5.53. The molecule has 0 saturated carbocycles. The van der Waals surface area contributed by atoms with E-state index in [1.807, 2.05) is 18.2 Å². The molecule has 0 radical (unpaired) electrons. The summed E-state index contributed by atoms with van der Waals surface area (Å²) in [6, 6.07) is 12.8. The number of nitrogens with zero attached hydrogens (tertiary/aromatic N) is 6. The molecule has 0 unspecified atom stereocenters. The Bertz CT molecular complexity index is 1310. The molecule has 2 aliphatic heterocycles. The summed E-state index contributed by atoms with van der Waals surface area (Å²) in [4.78, 5) is 14.3. The molecule has 8 nitrogen and oxygen atoms in total. The van der Waals surface area contributed by atoms with E-state index in [-0.39, 0.29) is 0 Å². The second-order valence-corrected chi connectivity index (χ2v) is 8.70. The lowest BCUT2D eigenvalue weighted by molar-refractivity contribution is 0.286. The van der Waals surface area contributed by atoms with E-state index in [4.69, 9.17) is 15.5 Å². The first kappa shape index (κ1) is 19.3. The van der Waals surface area contributed by atoms with Crippen molar-refractivity contribution in [3.63, 3.8) is 0 Å². The van der Waals surface area contributed by atoms with Crippen LogP contribution in [0, 0.1) is 0 Å². The van der Waals surface area contributed by atoms with Crippen LogP contribution in [-0.2, 0) is 19.5 Å². The molecule has 2 aromatic carbocycles. The molecular weight excluding hydrogens is 402 g/mol. The van der Waals surface area contributed by atoms with Crippen molar-refractivity contribution >= 4 is 28.2 Å². The van der Waals surface area contributed by atoms with E-state index in [0.29, 0.717) is 17.2 Å². The average Bonchev–Trinajstić information content (AvgIpc) is 3.56. The molecule has 8 heteroatoms. The quantitative estimate of drug-likeness (QED) is 0.522. The number of hydrogen-bond donors (Lipinski definition) is 1. The molecule has 1 saturated heterocycles. The van der Waals surface area contributed by atoms with Crippen LogP contribution in [-0.4, -0.2) is 51.2 Å². The molecule has 0 bridgehead atoms. The van der Waals surface area contributed by atoms with Gasteiger partial charge in [0.25, 0.3) is 0 Å². The summed E-state index contributed by atoms with van der Waals surface area (Å²) in [5.41, 5.74) is 11.9. The fraction of sp³-hybridized carbons (Fsp3) is 0.375. The van der Waals surface area contributed by atoms with Crippen LogP contribution in [0.25, 0.3) is 16.6 Å². The smallest absolute Gasteiger partial charge is 0.223 e. The van der Waals surface area contributed by atoms with E-state index in [0.717, 1.165) is 42.9 Å². The summed E-state index contributed by atoms with van der Waals surface area (Å²) in [6.45, 7) is 5.22. The van der Waals surface area contributed by atoms with Crippen molar-refractivity contribution in [2.45, 2.75) is 32.4 Å². The first-order valence-electron chi connectivity index (χ1n) is 11.3. The fourth-order valence-electron chi connectivity index (χ4n) is 4.98. The first-order chi connectivity index (χ1) is 15.7. The molecule has 164 valence electrons. The van der Waals surface area contributed by atoms with Crippen LogP contribution < -0.4 is 15.4 Å². The van der Waals surface area contributed by atoms with E-state index in [1.54, 1.807) is 11.6 Å². The van der Waals surface area contributed by atoms with Crippen LogP contribution >= 0.6 is 0 Å². The molecule has 2 aromatic heterocycles. The Labute approximate surface area is 186 Å². The average molecular weight is 430 g/mol. The lowest BCUT2D eigenvalue weighted by Crippen LogP contribution is -2.20. The van der Waals surface area contributed by atoms with Crippen molar-refractivity contribution < 1.29 is 4.74 Å². The molecule has 0 aliphatic carbocycles. The van der Waals surface area contributed by atoms with Crippen molar-refractivity contribution in [3.05, 3.63) is 53.3 Å². The van der Waals surface area contributed by atoms with Crippen molar-refractivity contribution in [2.75, 3.05) is 37.4 Å². The van der Waals surface area contributed by atoms with E-state index < -0.39 is 0 Å². The molecule has 0 atom stereocenters. The molecule has 2 N–H and O–H groups in total. The van der Waals surface area contributed by atoms with Crippen molar-refractivity contribution in [3.8, 4) is 5.75 Å². The number of aromatic nitrogens is 4. The van der Waals surface area contributed by atoms with E-state index in [2.05, 4.69) is 38.1 Å². The number of ether oxygens (including phenoxy) is 1. The van der Waals surface area contributed by atoms with Crippen LogP contribution in [0.1, 0.15) is 29.8 Å². The van der Waals surface area contributed by atoms with Gasteiger partial charge >= 0.3 is 0 Å². The topological polar surface area (TPSA) is 84.8 Å². The largest absolute Gasteiger partial charge is 0.494 e. The van der Waals surface area contributed by atoms with Gasteiger partial charge in [0.1, 0.15) is 11.3 Å². The van der Waals surface area contributed by atoms with Gasteiger partial charge in [-0.05, 0) is 48.2 Å². The Morgan fingerprint density at radius 2 is 1.88 bits per heavy atom. The van der Waals surface area contributed by atoms with E-state index >= 15 is 0 Å². The molecular formula is C24H27N7O. The van der Waals surface area contributed by atoms with Gasteiger partial charge in [0, 0.05) is 50.2 Å². The predicted octanol–water partition coefficient (Wildman–Crippen LogP) is 3.03. The number of hydrogen-bond acceptors (Lipinski definition) is 7. The van der Waals surface area contributed by atoms with Gasteiger partial charge < -0.3 is 15.4 Å². The third-order valence-electron chi connectivity index (χ3n) is 6.65. The molecule has 0 amide bonds. The zero-order chi connectivity index (χ0) is 21.7. The highest BCUT2D eigenvalue weighted by molar-refractivity contribution is 5.95. The number of fused-ring (bicyclic) bond motifs is 4. The second-order valence-electron chi connectivity index (χ2n) is 8.70. The van der Waals surface area contributed by atoms with Crippen LogP contribution in [0.5, 0.6) is 5.75 Å². The predicted molar refractivity (Wildman–Crippen MR) is 125 cm³/mol. The lowest BCUT2D eigenvalue weighted by Gasteiger charge is -2.18. The number of benzene rings is 2. The Morgan fingerprint density at radius 3 is 2.72 bits per heavy atom. The number of nitrogen functional groups attached to an aromatic ring is 1. The van der Waals surface area contributed by atoms with Crippen LogP contribution in [0.3, 0.4) is 0 Å². The maximum atomic E-state index is 6.18. The summed E-state index contributed by atoms with van der Waals surface area (Å²) < 4.78 is 7.08. The third-order valence-corrected chi connectivity index (χ3v) is 6.65. The molecule has 2 aliphatic rings. The van der Waals surface area contributed by atoms with Gasteiger partial charge in [0.05, 0.1) is 7.11 Å². The van der Waals surface area contributed by atoms with Gasteiger partial charge in [-0.25, -0.2) is 9.97 Å². The Kier molecular flexibility index (Phi) is 4.61. The van der Waals surface area contributed by atoms with Crippen LogP contribution in [0.15, 0.2) is 36.4 Å². The number of anilines is 2. The van der Waals surface area contributed by atoms with Gasteiger partial charge in [0.15, 0.2) is 11.5 Å². The van der Waals surface area contributed by atoms with Crippen molar-refractivity contribution in [2.24, 2.45) is 0 Å². The van der Waals surface area contributed by atoms with Gasteiger partial charge in [-0.15, -0.1) is 5.10 Å². The second kappa shape index (κ2) is 7.63. The highest BCUT2D eigenvalue weighted by atomic mass is 16.5. The maximum Gasteiger partial charge on any atom is 0.223 e.